The number of hydrogen-bond acceptors (Lipinski definition) is 6. The van der Waals surface area contributed by atoms with Crippen LogP contribution in [0.5, 0.6) is 11.5 Å². The normalized spacial score (nSPS) is 11.9. The number of alkyl carbamates (subject to hydrolysis) is 1. The maximum Gasteiger partial charge on any atom is 0.408 e. The first-order valence-corrected chi connectivity index (χ1v) is 9.56. The minimum atomic E-state index is -0.864. The van der Waals surface area contributed by atoms with Crippen LogP contribution in [0.2, 0.25) is 0 Å². The summed E-state index contributed by atoms with van der Waals surface area (Å²) in [6, 6.07) is 12.3. The Kier molecular flexibility index (Phi) is 7.69. The molecule has 0 aromatic heterocycles. The van der Waals surface area contributed by atoms with Crippen molar-refractivity contribution in [1.82, 2.24) is 5.32 Å². The van der Waals surface area contributed by atoms with Crippen molar-refractivity contribution in [2.24, 2.45) is 0 Å². The number of hydrogen-bond donors (Lipinski definition) is 1. The molecule has 0 unspecified atom stereocenters. The molecule has 30 heavy (non-hydrogen) atoms. The summed E-state index contributed by atoms with van der Waals surface area (Å²) in [7, 11) is 4.50. The minimum absolute atomic E-state index is 0.259. The summed E-state index contributed by atoms with van der Waals surface area (Å²) in [5.74, 6) is 0.846. The molecule has 2 aromatic carbocycles. The quantitative estimate of drug-likeness (QED) is 0.689. The van der Waals surface area contributed by atoms with E-state index in [1.165, 1.54) is 7.11 Å². The van der Waals surface area contributed by atoms with Gasteiger partial charge in [0.25, 0.3) is 0 Å². The van der Waals surface area contributed by atoms with Gasteiger partial charge in [-0.25, -0.2) is 9.59 Å². The molecule has 0 saturated heterocycles. The van der Waals surface area contributed by atoms with Crippen LogP contribution in [0.15, 0.2) is 42.5 Å². The molecule has 2 rings (SSSR count). The molecule has 0 aliphatic carbocycles. The lowest BCUT2D eigenvalue weighted by molar-refractivity contribution is -0.143. The largest absolute Gasteiger partial charge is 0.496 e. The zero-order chi connectivity index (χ0) is 22.3. The average Bonchev–Trinajstić information content (AvgIpc) is 2.71. The van der Waals surface area contributed by atoms with E-state index in [-0.39, 0.29) is 6.42 Å². The van der Waals surface area contributed by atoms with E-state index in [1.54, 1.807) is 35.0 Å². The lowest BCUT2D eigenvalue weighted by atomic mass is 9.99. The fraction of sp³-hybridized carbons (Fsp3) is 0.391. The van der Waals surface area contributed by atoms with Crippen molar-refractivity contribution in [2.45, 2.75) is 38.8 Å². The number of carbonyl (C=O) groups excluding carboxylic acids is 2. The highest BCUT2D eigenvalue weighted by Gasteiger charge is 2.25. The third-order valence-electron chi connectivity index (χ3n) is 4.29. The molecule has 0 saturated carbocycles. The Balaban J connectivity index is 2.22. The minimum Gasteiger partial charge on any atom is -0.496 e. The van der Waals surface area contributed by atoms with Crippen molar-refractivity contribution in [1.29, 1.82) is 0 Å². The molecule has 7 heteroatoms. The lowest BCUT2D eigenvalue weighted by Crippen LogP contribution is -2.45. The molecule has 1 N–H and O–H groups in total. The standard InChI is InChI=1S/C23H29NO6/c1-23(2,3)30-22(26)24-17(21(25)29-6)14-15-10-12-16(13-11-15)20-18(27-4)8-7-9-19(20)28-5/h7-13,17H,14H2,1-6H3,(H,24,26)/t17-/m0/s1. The van der Waals surface area contributed by atoms with Crippen molar-refractivity contribution in [2.75, 3.05) is 21.3 Å². The first kappa shape index (κ1) is 23.1. The third kappa shape index (κ3) is 6.14. The third-order valence-corrected chi connectivity index (χ3v) is 4.29. The van der Waals surface area contributed by atoms with E-state index in [9.17, 15) is 9.59 Å². The van der Waals surface area contributed by atoms with Crippen molar-refractivity contribution in [3.05, 3.63) is 48.0 Å². The highest BCUT2D eigenvalue weighted by Crippen LogP contribution is 2.38. The van der Waals surface area contributed by atoms with E-state index in [4.69, 9.17) is 18.9 Å². The Labute approximate surface area is 177 Å². The Bertz CT molecular complexity index is 848. The van der Waals surface area contributed by atoms with E-state index in [0.717, 1.165) is 16.7 Å². The van der Waals surface area contributed by atoms with Gasteiger partial charge in [-0.3, -0.25) is 0 Å². The molecular weight excluding hydrogens is 386 g/mol. The van der Waals surface area contributed by atoms with Gasteiger partial charge in [-0.05, 0) is 44.0 Å². The molecular formula is C23H29NO6. The molecule has 0 spiro atoms. The highest BCUT2D eigenvalue weighted by molar-refractivity contribution is 5.82. The van der Waals surface area contributed by atoms with Gasteiger partial charge in [0.05, 0.1) is 26.9 Å². The summed E-state index contributed by atoms with van der Waals surface area (Å²) >= 11 is 0. The van der Waals surface area contributed by atoms with Crippen LogP contribution in [0.25, 0.3) is 11.1 Å². The van der Waals surface area contributed by atoms with Crippen LogP contribution in [0.3, 0.4) is 0 Å². The van der Waals surface area contributed by atoms with E-state index in [2.05, 4.69) is 5.32 Å². The van der Waals surface area contributed by atoms with Gasteiger partial charge < -0.3 is 24.3 Å². The van der Waals surface area contributed by atoms with Crippen LogP contribution in [0.1, 0.15) is 26.3 Å². The molecule has 0 bridgehead atoms. The van der Waals surface area contributed by atoms with Gasteiger partial charge in [0, 0.05) is 6.42 Å². The molecule has 2 aromatic rings. The van der Waals surface area contributed by atoms with Gasteiger partial charge >= 0.3 is 12.1 Å². The summed E-state index contributed by atoms with van der Waals surface area (Å²) in [5.41, 5.74) is 1.92. The molecule has 0 aliphatic rings. The van der Waals surface area contributed by atoms with E-state index >= 15 is 0 Å². The predicted octanol–water partition coefficient (Wildman–Crippen LogP) is 3.98. The van der Waals surface area contributed by atoms with Crippen molar-refractivity contribution in [3.63, 3.8) is 0 Å². The summed E-state index contributed by atoms with van der Waals surface area (Å²) in [6.45, 7) is 5.26. The maximum absolute atomic E-state index is 12.1. The highest BCUT2D eigenvalue weighted by atomic mass is 16.6. The number of benzene rings is 2. The monoisotopic (exact) mass is 415 g/mol. The second-order valence-corrected chi connectivity index (χ2v) is 7.66. The molecule has 162 valence electrons. The van der Waals surface area contributed by atoms with Gasteiger partial charge in [-0.15, -0.1) is 0 Å². The Hall–Kier alpha value is -3.22. The predicted molar refractivity (Wildman–Crippen MR) is 114 cm³/mol. The van der Waals surface area contributed by atoms with E-state index < -0.39 is 23.7 Å². The van der Waals surface area contributed by atoms with Crippen LogP contribution >= 0.6 is 0 Å². The second kappa shape index (κ2) is 10.0. The first-order chi connectivity index (χ1) is 14.2. The summed E-state index contributed by atoms with van der Waals surface area (Å²) in [4.78, 5) is 24.2. The molecule has 7 nitrogen and oxygen atoms in total. The first-order valence-electron chi connectivity index (χ1n) is 9.56. The number of amides is 1. The topological polar surface area (TPSA) is 83.1 Å². The van der Waals surface area contributed by atoms with Crippen LogP contribution in [-0.2, 0) is 20.7 Å². The van der Waals surface area contributed by atoms with Gasteiger partial charge in [0.1, 0.15) is 23.1 Å². The van der Waals surface area contributed by atoms with E-state index in [1.807, 2.05) is 42.5 Å². The molecule has 0 aliphatic heterocycles. The van der Waals surface area contributed by atoms with Gasteiger partial charge in [-0.1, -0.05) is 30.3 Å². The summed E-state index contributed by atoms with van der Waals surface area (Å²) < 4.78 is 21.0. The van der Waals surface area contributed by atoms with Crippen LogP contribution in [0.4, 0.5) is 4.79 Å². The summed E-state index contributed by atoms with van der Waals surface area (Å²) in [5, 5.41) is 2.58. The zero-order valence-corrected chi connectivity index (χ0v) is 18.3. The molecule has 0 heterocycles. The van der Waals surface area contributed by atoms with Crippen molar-refractivity contribution < 1.29 is 28.5 Å². The average molecular weight is 415 g/mol. The molecule has 1 atom stereocenters. The van der Waals surface area contributed by atoms with Crippen LogP contribution in [0, 0.1) is 0 Å². The lowest BCUT2D eigenvalue weighted by Gasteiger charge is -2.22. The summed E-state index contributed by atoms with van der Waals surface area (Å²) in [6.07, 6.45) is -0.414. The molecule has 0 radical (unpaired) electrons. The molecule has 0 fully saturated rings. The number of methoxy groups -OCH3 is 3. The number of nitrogens with one attached hydrogen (secondary N) is 1. The Morgan fingerprint density at radius 1 is 0.933 bits per heavy atom. The molecule has 1 amide bonds. The van der Waals surface area contributed by atoms with Crippen molar-refractivity contribution in [3.8, 4) is 22.6 Å². The second-order valence-electron chi connectivity index (χ2n) is 7.66. The zero-order valence-electron chi connectivity index (χ0n) is 18.3. The van der Waals surface area contributed by atoms with Gasteiger partial charge in [0.2, 0.25) is 0 Å². The SMILES string of the molecule is COC(=O)[C@H](Cc1ccc(-c2c(OC)cccc2OC)cc1)NC(=O)OC(C)(C)C. The fourth-order valence-electron chi connectivity index (χ4n) is 2.96. The number of carbonyl (C=O) groups is 2. The van der Waals surface area contributed by atoms with E-state index in [0.29, 0.717) is 11.5 Å². The number of rotatable bonds is 7. The van der Waals surface area contributed by atoms with Gasteiger partial charge in [0.15, 0.2) is 0 Å². The smallest absolute Gasteiger partial charge is 0.408 e. The van der Waals surface area contributed by atoms with Crippen LogP contribution < -0.4 is 14.8 Å². The Morgan fingerprint density at radius 2 is 1.50 bits per heavy atom. The fourth-order valence-corrected chi connectivity index (χ4v) is 2.96. The van der Waals surface area contributed by atoms with Crippen molar-refractivity contribution >= 4 is 12.1 Å². The van der Waals surface area contributed by atoms with Gasteiger partial charge in [-0.2, -0.15) is 0 Å². The maximum atomic E-state index is 12.1. The Morgan fingerprint density at radius 3 is 1.97 bits per heavy atom. The number of ether oxygens (including phenoxy) is 4. The number of esters is 1. The van der Waals surface area contributed by atoms with Crippen LogP contribution in [-0.4, -0.2) is 45.0 Å².